The van der Waals surface area contributed by atoms with Crippen LogP contribution >= 0.6 is 15.9 Å². The lowest BCUT2D eigenvalue weighted by atomic mass is 10.3. The van der Waals surface area contributed by atoms with E-state index < -0.39 is 17.9 Å². The molecule has 6 nitrogen and oxygen atoms in total. The van der Waals surface area contributed by atoms with Crippen molar-refractivity contribution in [3.8, 4) is 5.75 Å². The third-order valence-electron chi connectivity index (χ3n) is 2.46. The van der Waals surface area contributed by atoms with Gasteiger partial charge in [-0.2, -0.15) is 0 Å². The maximum atomic E-state index is 11.6. The molecule has 1 aromatic rings. The Morgan fingerprint density at radius 1 is 1.04 bits per heavy atom. The van der Waals surface area contributed by atoms with Crippen molar-refractivity contribution >= 4 is 33.8 Å². The van der Waals surface area contributed by atoms with Crippen LogP contribution in [0.4, 0.5) is 0 Å². The molecule has 0 aromatic heterocycles. The first kappa shape index (κ1) is 18.9. The smallest absolute Gasteiger partial charge is 0.331 e. The Balaban J connectivity index is 2.18. The standard InChI is InChI=1S/C16H17BrO6/c1-2-21-14(18)9-10-15(19)22-11-3-4-16(20)23-13-7-5-12(17)6-8-13/h5-10H,2-4,11H2,1H3/b10-9-. The molecule has 1 rings (SSSR count). The van der Waals surface area contributed by atoms with E-state index in [-0.39, 0.29) is 19.6 Å². The number of hydrogen-bond donors (Lipinski definition) is 0. The van der Waals surface area contributed by atoms with Crippen molar-refractivity contribution in [2.24, 2.45) is 0 Å². The molecule has 1 aromatic carbocycles. The SMILES string of the molecule is CCOC(=O)/C=C\C(=O)OCCCC(=O)Oc1ccc(Br)cc1. The number of esters is 3. The summed E-state index contributed by atoms with van der Waals surface area (Å²) < 4.78 is 15.5. The number of carbonyl (C=O) groups excluding carboxylic acids is 3. The van der Waals surface area contributed by atoms with Gasteiger partial charge in [0.1, 0.15) is 5.75 Å². The first-order valence-electron chi connectivity index (χ1n) is 6.99. The van der Waals surface area contributed by atoms with E-state index in [1.165, 1.54) is 0 Å². The van der Waals surface area contributed by atoms with Crippen LogP contribution in [0, 0.1) is 0 Å². The minimum absolute atomic E-state index is 0.0570. The van der Waals surface area contributed by atoms with Crippen molar-refractivity contribution < 1.29 is 28.6 Å². The Bertz CT molecular complexity index is 564. The van der Waals surface area contributed by atoms with Crippen molar-refractivity contribution in [2.45, 2.75) is 19.8 Å². The normalized spacial score (nSPS) is 10.3. The number of carbonyl (C=O) groups is 3. The lowest BCUT2D eigenvalue weighted by molar-refractivity contribution is -0.141. The number of ether oxygens (including phenoxy) is 3. The fraction of sp³-hybridized carbons (Fsp3) is 0.312. The van der Waals surface area contributed by atoms with E-state index in [1.807, 2.05) is 0 Å². The molecule has 0 aliphatic carbocycles. The maximum Gasteiger partial charge on any atom is 0.331 e. The molecule has 0 saturated heterocycles. The zero-order valence-electron chi connectivity index (χ0n) is 12.6. The molecular weight excluding hydrogens is 368 g/mol. The Morgan fingerprint density at radius 3 is 2.26 bits per heavy atom. The third-order valence-corrected chi connectivity index (χ3v) is 2.99. The molecule has 0 heterocycles. The minimum Gasteiger partial charge on any atom is -0.463 e. The molecule has 0 fully saturated rings. The third kappa shape index (κ3) is 8.77. The summed E-state index contributed by atoms with van der Waals surface area (Å²) >= 11 is 3.28. The molecule has 0 atom stereocenters. The van der Waals surface area contributed by atoms with E-state index in [4.69, 9.17) is 9.47 Å². The molecule has 0 unspecified atom stereocenters. The van der Waals surface area contributed by atoms with Crippen LogP contribution in [0.25, 0.3) is 0 Å². The van der Waals surface area contributed by atoms with Crippen LogP contribution in [0.5, 0.6) is 5.75 Å². The van der Waals surface area contributed by atoms with Crippen LogP contribution in [0.15, 0.2) is 40.9 Å². The molecule has 0 bridgehead atoms. The summed E-state index contributed by atoms with van der Waals surface area (Å²) in [6, 6.07) is 6.87. The van der Waals surface area contributed by atoms with Crippen LogP contribution < -0.4 is 4.74 Å². The number of rotatable bonds is 8. The Labute approximate surface area is 142 Å². The topological polar surface area (TPSA) is 78.9 Å². The largest absolute Gasteiger partial charge is 0.463 e. The average molecular weight is 385 g/mol. The summed E-state index contributed by atoms with van der Waals surface area (Å²) in [6.45, 7) is 1.96. The van der Waals surface area contributed by atoms with Crippen LogP contribution in [0.2, 0.25) is 0 Å². The Morgan fingerprint density at radius 2 is 1.65 bits per heavy atom. The summed E-state index contributed by atoms with van der Waals surface area (Å²) in [6.07, 6.45) is 2.42. The van der Waals surface area contributed by atoms with E-state index in [9.17, 15) is 14.4 Å². The van der Waals surface area contributed by atoms with Crippen LogP contribution in [-0.4, -0.2) is 31.1 Å². The molecule has 0 aliphatic rings. The molecule has 0 N–H and O–H groups in total. The highest BCUT2D eigenvalue weighted by Crippen LogP contribution is 2.16. The Hall–Kier alpha value is -2.15. The summed E-state index contributed by atoms with van der Waals surface area (Å²) in [5.41, 5.74) is 0. The monoisotopic (exact) mass is 384 g/mol. The van der Waals surface area contributed by atoms with Crippen molar-refractivity contribution in [3.63, 3.8) is 0 Å². The second-order valence-corrected chi connectivity index (χ2v) is 5.20. The number of hydrogen-bond acceptors (Lipinski definition) is 6. The lowest BCUT2D eigenvalue weighted by Crippen LogP contribution is -2.10. The summed E-state index contributed by atoms with van der Waals surface area (Å²) in [4.78, 5) is 33.8. The van der Waals surface area contributed by atoms with Crippen molar-refractivity contribution in [1.82, 2.24) is 0 Å². The highest BCUT2D eigenvalue weighted by atomic mass is 79.9. The van der Waals surface area contributed by atoms with Gasteiger partial charge in [0, 0.05) is 23.0 Å². The predicted molar refractivity (Wildman–Crippen MR) is 85.7 cm³/mol. The van der Waals surface area contributed by atoms with Gasteiger partial charge in [0.2, 0.25) is 0 Å². The van der Waals surface area contributed by atoms with Gasteiger partial charge < -0.3 is 14.2 Å². The molecule has 23 heavy (non-hydrogen) atoms. The number of benzene rings is 1. The van der Waals surface area contributed by atoms with Gasteiger partial charge in [-0.1, -0.05) is 15.9 Å². The van der Waals surface area contributed by atoms with Gasteiger partial charge in [-0.25, -0.2) is 9.59 Å². The van der Waals surface area contributed by atoms with Gasteiger partial charge in [-0.3, -0.25) is 4.79 Å². The summed E-state index contributed by atoms with van der Waals surface area (Å²) in [7, 11) is 0. The second kappa shape index (κ2) is 10.6. The molecule has 0 spiro atoms. The fourth-order valence-corrected chi connectivity index (χ4v) is 1.71. The zero-order valence-corrected chi connectivity index (χ0v) is 14.2. The Kier molecular flexibility index (Phi) is 8.67. The highest BCUT2D eigenvalue weighted by molar-refractivity contribution is 9.10. The van der Waals surface area contributed by atoms with Gasteiger partial charge in [-0.05, 0) is 37.6 Å². The lowest BCUT2D eigenvalue weighted by Gasteiger charge is -2.04. The van der Waals surface area contributed by atoms with Crippen molar-refractivity contribution in [2.75, 3.05) is 13.2 Å². The van der Waals surface area contributed by atoms with Crippen molar-refractivity contribution in [1.29, 1.82) is 0 Å². The van der Waals surface area contributed by atoms with Gasteiger partial charge in [0.05, 0.1) is 13.2 Å². The van der Waals surface area contributed by atoms with Crippen molar-refractivity contribution in [3.05, 3.63) is 40.9 Å². The molecule has 124 valence electrons. The molecule has 7 heteroatoms. The van der Waals surface area contributed by atoms with Gasteiger partial charge in [0.25, 0.3) is 0 Å². The summed E-state index contributed by atoms with van der Waals surface area (Å²) in [5, 5.41) is 0. The van der Waals surface area contributed by atoms with Crippen LogP contribution in [-0.2, 0) is 23.9 Å². The minimum atomic E-state index is -0.667. The van der Waals surface area contributed by atoms with Gasteiger partial charge in [-0.15, -0.1) is 0 Å². The average Bonchev–Trinajstić information content (AvgIpc) is 2.52. The second-order valence-electron chi connectivity index (χ2n) is 4.28. The van der Waals surface area contributed by atoms with E-state index in [2.05, 4.69) is 20.7 Å². The zero-order chi connectivity index (χ0) is 17.1. The van der Waals surface area contributed by atoms with E-state index in [0.717, 1.165) is 16.6 Å². The van der Waals surface area contributed by atoms with E-state index in [0.29, 0.717) is 12.2 Å². The van der Waals surface area contributed by atoms with Gasteiger partial charge >= 0.3 is 17.9 Å². The van der Waals surface area contributed by atoms with E-state index in [1.54, 1.807) is 31.2 Å². The molecule has 0 amide bonds. The summed E-state index contributed by atoms with van der Waals surface area (Å²) in [5.74, 6) is -1.24. The predicted octanol–water partition coefficient (Wildman–Crippen LogP) is 2.80. The number of halogens is 1. The first-order valence-corrected chi connectivity index (χ1v) is 7.78. The fourth-order valence-electron chi connectivity index (χ4n) is 1.45. The first-order chi connectivity index (χ1) is 11.0. The quantitative estimate of drug-likeness (QED) is 0.296. The molecule has 0 aliphatic heterocycles. The van der Waals surface area contributed by atoms with Gasteiger partial charge in [0.15, 0.2) is 0 Å². The molecule has 0 radical (unpaired) electrons. The molecule has 0 saturated carbocycles. The van der Waals surface area contributed by atoms with Crippen LogP contribution in [0.1, 0.15) is 19.8 Å². The maximum absolute atomic E-state index is 11.6. The van der Waals surface area contributed by atoms with E-state index >= 15 is 0 Å². The van der Waals surface area contributed by atoms with Crippen LogP contribution in [0.3, 0.4) is 0 Å². The molecular formula is C16H17BrO6. The highest BCUT2D eigenvalue weighted by Gasteiger charge is 2.06.